The predicted octanol–water partition coefficient (Wildman–Crippen LogP) is 2.15. The fourth-order valence-electron chi connectivity index (χ4n) is 1.93. The van der Waals surface area contributed by atoms with E-state index in [0.717, 1.165) is 9.65 Å². The number of hydrogen-bond donors (Lipinski definition) is 0. The standard InChI is InChI=1S/C14H21BO4S/c1-6-17-12(16)9-10-7-8-11(20-10)15-18-13(2,3)14(4,5)19-15/h7-8H,6,9H2,1-5H3. The highest BCUT2D eigenvalue weighted by Crippen LogP contribution is 2.36. The average molecular weight is 296 g/mol. The van der Waals surface area contributed by atoms with Crippen molar-refractivity contribution in [1.29, 1.82) is 0 Å². The Morgan fingerprint density at radius 3 is 2.40 bits per heavy atom. The number of thiophene rings is 1. The second kappa shape index (κ2) is 5.50. The summed E-state index contributed by atoms with van der Waals surface area (Å²) < 4.78 is 17.9. The van der Waals surface area contributed by atoms with E-state index in [9.17, 15) is 4.79 Å². The van der Waals surface area contributed by atoms with Crippen LogP contribution in [-0.2, 0) is 25.3 Å². The minimum absolute atomic E-state index is 0.199. The Morgan fingerprint density at radius 1 is 1.25 bits per heavy atom. The normalized spacial score (nSPS) is 20.1. The van der Waals surface area contributed by atoms with Gasteiger partial charge < -0.3 is 14.0 Å². The SMILES string of the molecule is CCOC(=O)Cc1ccc(B2OC(C)(C)C(C)(C)O2)s1. The van der Waals surface area contributed by atoms with Gasteiger partial charge in [-0.05, 0) is 40.7 Å². The molecule has 0 radical (unpaired) electrons. The van der Waals surface area contributed by atoms with Crippen molar-refractivity contribution in [3.05, 3.63) is 17.0 Å². The van der Waals surface area contributed by atoms with Crippen molar-refractivity contribution in [2.75, 3.05) is 6.61 Å². The maximum absolute atomic E-state index is 11.5. The molecule has 1 aliphatic rings. The van der Waals surface area contributed by atoms with Gasteiger partial charge in [0.25, 0.3) is 0 Å². The van der Waals surface area contributed by atoms with E-state index in [1.165, 1.54) is 11.3 Å². The summed E-state index contributed by atoms with van der Waals surface area (Å²) >= 11 is 1.53. The molecular weight excluding hydrogens is 275 g/mol. The average Bonchev–Trinajstić information content (AvgIpc) is 2.83. The molecule has 1 aliphatic heterocycles. The van der Waals surface area contributed by atoms with Gasteiger partial charge in [0, 0.05) is 9.65 Å². The Kier molecular flexibility index (Phi) is 4.28. The molecule has 6 heteroatoms. The Balaban J connectivity index is 2.05. The molecule has 1 fully saturated rings. The van der Waals surface area contributed by atoms with Gasteiger partial charge in [-0.15, -0.1) is 11.3 Å². The summed E-state index contributed by atoms with van der Waals surface area (Å²) in [6.07, 6.45) is 0.304. The zero-order valence-corrected chi connectivity index (χ0v) is 13.5. The second-order valence-corrected chi connectivity index (χ2v) is 7.07. The topological polar surface area (TPSA) is 44.8 Å². The van der Waals surface area contributed by atoms with Crippen molar-refractivity contribution >= 4 is 29.2 Å². The zero-order chi connectivity index (χ0) is 15.0. The van der Waals surface area contributed by atoms with Gasteiger partial charge in [0.15, 0.2) is 0 Å². The van der Waals surface area contributed by atoms with Crippen LogP contribution in [-0.4, -0.2) is 30.9 Å². The minimum Gasteiger partial charge on any atom is -0.466 e. The summed E-state index contributed by atoms with van der Waals surface area (Å²) in [5.41, 5.74) is -0.689. The molecule has 1 aromatic heterocycles. The molecule has 0 amide bonds. The monoisotopic (exact) mass is 296 g/mol. The lowest BCUT2D eigenvalue weighted by Gasteiger charge is -2.32. The molecule has 110 valence electrons. The molecule has 0 bridgehead atoms. The van der Waals surface area contributed by atoms with Crippen LogP contribution in [0.15, 0.2) is 12.1 Å². The molecule has 0 atom stereocenters. The smallest absolute Gasteiger partial charge is 0.466 e. The van der Waals surface area contributed by atoms with Gasteiger partial charge >= 0.3 is 13.1 Å². The summed E-state index contributed by atoms with van der Waals surface area (Å²) in [7, 11) is -0.360. The zero-order valence-electron chi connectivity index (χ0n) is 12.7. The largest absolute Gasteiger partial charge is 0.505 e. The molecule has 1 saturated heterocycles. The summed E-state index contributed by atoms with van der Waals surface area (Å²) in [5, 5.41) is 0. The molecule has 0 unspecified atom stereocenters. The first-order valence-electron chi connectivity index (χ1n) is 6.85. The molecule has 20 heavy (non-hydrogen) atoms. The number of ether oxygens (including phenoxy) is 1. The third-order valence-corrected chi connectivity index (χ3v) is 4.90. The highest BCUT2D eigenvalue weighted by atomic mass is 32.1. The van der Waals surface area contributed by atoms with E-state index in [1.54, 1.807) is 0 Å². The van der Waals surface area contributed by atoms with Crippen molar-refractivity contribution in [2.45, 2.75) is 52.2 Å². The molecule has 0 aliphatic carbocycles. The number of rotatable bonds is 4. The molecule has 0 spiro atoms. The van der Waals surface area contributed by atoms with Gasteiger partial charge in [-0.1, -0.05) is 6.07 Å². The summed E-state index contributed by atoms with van der Waals surface area (Å²) in [4.78, 5) is 12.4. The maximum atomic E-state index is 11.5. The van der Waals surface area contributed by atoms with E-state index in [-0.39, 0.29) is 24.3 Å². The number of esters is 1. The van der Waals surface area contributed by atoms with Crippen LogP contribution in [0.5, 0.6) is 0 Å². The van der Waals surface area contributed by atoms with Crippen LogP contribution in [0.25, 0.3) is 0 Å². The highest BCUT2D eigenvalue weighted by Gasteiger charge is 2.52. The summed E-state index contributed by atoms with van der Waals surface area (Å²) in [6.45, 7) is 10.3. The van der Waals surface area contributed by atoms with Crippen LogP contribution in [0.4, 0.5) is 0 Å². The van der Waals surface area contributed by atoms with Crippen LogP contribution < -0.4 is 4.78 Å². The molecule has 1 aromatic rings. The molecule has 2 heterocycles. The third-order valence-electron chi connectivity index (χ3n) is 3.79. The minimum atomic E-state index is -0.360. The summed E-state index contributed by atoms with van der Waals surface area (Å²) in [5.74, 6) is -0.199. The molecule has 0 saturated carbocycles. The van der Waals surface area contributed by atoms with E-state index in [4.69, 9.17) is 14.0 Å². The quantitative estimate of drug-likeness (QED) is 0.631. The van der Waals surface area contributed by atoms with E-state index in [1.807, 2.05) is 46.8 Å². The van der Waals surface area contributed by atoms with Crippen LogP contribution in [0, 0.1) is 0 Å². The fraction of sp³-hybridized carbons (Fsp3) is 0.643. The van der Waals surface area contributed by atoms with E-state index < -0.39 is 0 Å². The Bertz CT molecular complexity index is 479. The van der Waals surface area contributed by atoms with Gasteiger partial charge in [0.05, 0.1) is 24.2 Å². The second-order valence-electron chi connectivity index (χ2n) is 5.87. The molecule has 2 rings (SSSR count). The molecule has 0 N–H and O–H groups in total. The Labute approximate surface area is 124 Å². The van der Waals surface area contributed by atoms with Crippen molar-refractivity contribution in [2.24, 2.45) is 0 Å². The third kappa shape index (κ3) is 3.08. The van der Waals surface area contributed by atoms with E-state index in [0.29, 0.717) is 13.0 Å². The predicted molar refractivity (Wildman–Crippen MR) is 80.4 cm³/mol. The highest BCUT2D eigenvalue weighted by molar-refractivity contribution is 7.22. The van der Waals surface area contributed by atoms with Gasteiger partial charge in [0.2, 0.25) is 0 Å². The van der Waals surface area contributed by atoms with E-state index >= 15 is 0 Å². The molecule has 0 aromatic carbocycles. The summed E-state index contributed by atoms with van der Waals surface area (Å²) in [6, 6.07) is 3.89. The number of carbonyl (C=O) groups excluding carboxylic acids is 1. The van der Waals surface area contributed by atoms with Gasteiger partial charge in [0.1, 0.15) is 0 Å². The van der Waals surface area contributed by atoms with Crippen molar-refractivity contribution in [1.82, 2.24) is 0 Å². The first-order valence-corrected chi connectivity index (χ1v) is 7.66. The van der Waals surface area contributed by atoms with Gasteiger partial charge in [-0.3, -0.25) is 4.79 Å². The van der Waals surface area contributed by atoms with Crippen molar-refractivity contribution in [3.63, 3.8) is 0 Å². The lowest BCUT2D eigenvalue weighted by molar-refractivity contribution is -0.142. The number of hydrogen-bond acceptors (Lipinski definition) is 5. The van der Waals surface area contributed by atoms with Crippen molar-refractivity contribution in [3.8, 4) is 0 Å². The maximum Gasteiger partial charge on any atom is 0.505 e. The lowest BCUT2D eigenvalue weighted by atomic mass is 9.88. The van der Waals surface area contributed by atoms with Crippen LogP contribution >= 0.6 is 11.3 Å². The van der Waals surface area contributed by atoms with Crippen LogP contribution in [0.3, 0.4) is 0 Å². The fourth-order valence-corrected chi connectivity index (χ4v) is 2.89. The van der Waals surface area contributed by atoms with Gasteiger partial charge in [-0.2, -0.15) is 0 Å². The Morgan fingerprint density at radius 2 is 1.85 bits per heavy atom. The van der Waals surface area contributed by atoms with Crippen LogP contribution in [0.2, 0.25) is 0 Å². The molecule has 4 nitrogen and oxygen atoms in total. The van der Waals surface area contributed by atoms with Gasteiger partial charge in [-0.25, -0.2) is 0 Å². The Hall–Kier alpha value is -0.845. The van der Waals surface area contributed by atoms with Crippen LogP contribution in [0.1, 0.15) is 39.5 Å². The lowest BCUT2D eigenvalue weighted by Crippen LogP contribution is -2.41. The molecular formula is C14H21BO4S. The van der Waals surface area contributed by atoms with Crippen molar-refractivity contribution < 1.29 is 18.8 Å². The first kappa shape index (κ1) is 15.5. The number of carbonyl (C=O) groups is 1. The first-order chi connectivity index (χ1) is 9.25. The van der Waals surface area contributed by atoms with E-state index in [2.05, 4.69) is 0 Å².